The van der Waals surface area contributed by atoms with Crippen LogP contribution in [0.4, 0.5) is 23.5 Å². The number of likely N-dealkylation sites (tertiary alicyclic amines) is 1. The number of nitrogens with one attached hydrogen (secondary N) is 1. The molecular formula is C18H18F4N6O. The average molecular weight is 410 g/mol. The molecule has 1 aliphatic carbocycles. The van der Waals surface area contributed by atoms with Crippen LogP contribution >= 0.6 is 0 Å². The van der Waals surface area contributed by atoms with Crippen molar-refractivity contribution in [1.29, 1.82) is 5.26 Å². The third kappa shape index (κ3) is 4.36. The summed E-state index contributed by atoms with van der Waals surface area (Å²) in [6.45, 7) is -0.187. The maximum Gasteiger partial charge on any atom is 0.408 e. The first kappa shape index (κ1) is 19.3. The molecule has 2 bridgehead atoms. The van der Waals surface area contributed by atoms with Gasteiger partial charge in [0, 0.05) is 25.2 Å². The molecule has 0 amide bonds. The lowest BCUT2D eigenvalue weighted by atomic mass is 9.92. The van der Waals surface area contributed by atoms with Gasteiger partial charge in [-0.05, 0) is 36.8 Å². The summed E-state index contributed by atoms with van der Waals surface area (Å²) >= 11 is 0. The van der Waals surface area contributed by atoms with E-state index in [-0.39, 0.29) is 35.6 Å². The van der Waals surface area contributed by atoms with Crippen molar-refractivity contribution in [3.05, 3.63) is 30.1 Å². The molecule has 0 radical (unpaired) electrons. The number of alkyl halides is 3. The van der Waals surface area contributed by atoms with Crippen LogP contribution < -0.4 is 10.1 Å². The number of anilines is 1. The van der Waals surface area contributed by atoms with Crippen LogP contribution in [0.5, 0.6) is 11.8 Å². The highest BCUT2D eigenvalue weighted by atomic mass is 19.4. The van der Waals surface area contributed by atoms with Crippen LogP contribution in [0.25, 0.3) is 0 Å². The molecule has 29 heavy (non-hydrogen) atoms. The van der Waals surface area contributed by atoms with Gasteiger partial charge in [-0.2, -0.15) is 23.4 Å². The Labute approximate surface area is 163 Å². The minimum absolute atomic E-state index is 0.0213. The molecule has 1 aliphatic heterocycles. The van der Waals surface area contributed by atoms with Crippen molar-refractivity contribution in [3.63, 3.8) is 0 Å². The average Bonchev–Trinajstić information content (AvgIpc) is 3.09. The van der Waals surface area contributed by atoms with Crippen LogP contribution in [0.2, 0.25) is 0 Å². The molecule has 1 aromatic heterocycles. The van der Waals surface area contributed by atoms with Crippen molar-refractivity contribution in [2.45, 2.75) is 31.6 Å². The van der Waals surface area contributed by atoms with E-state index in [0.29, 0.717) is 17.8 Å². The van der Waals surface area contributed by atoms with Gasteiger partial charge in [0.25, 0.3) is 0 Å². The van der Waals surface area contributed by atoms with Gasteiger partial charge in [0.15, 0.2) is 6.19 Å². The van der Waals surface area contributed by atoms with Crippen LogP contribution in [0.3, 0.4) is 0 Å². The lowest BCUT2D eigenvalue weighted by Crippen LogP contribution is -2.46. The van der Waals surface area contributed by atoms with E-state index in [9.17, 15) is 17.6 Å². The maximum absolute atomic E-state index is 13.4. The molecule has 2 aliphatic rings. The fourth-order valence-corrected chi connectivity index (χ4v) is 4.06. The largest absolute Gasteiger partial charge is 0.424 e. The molecule has 1 saturated heterocycles. The standard InChI is InChI=1S/C18H18F4N6O/c19-13-2-1-3-14(6-13)29-17-25-16(26-28(17)9-18(20,21)22)24-15-11-4-5-12(15)8-27(7-11)10-23/h1-3,6,11-12,15H,4-5,7-9H2,(H,24,26)/t11-,12?,15-/m0/s1. The summed E-state index contributed by atoms with van der Waals surface area (Å²) < 4.78 is 58.2. The highest BCUT2D eigenvalue weighted by molar-refractivity contribution is 5.32. The first-order valence-corrected chi connectivity index (χ1v) is 9.17. The molecule has 3 atom stereocenters. The van der Waals surface area contributed by atoms with Gasteiger partial charge in [0.05, 0.1) is 0 Å². The summed E-state index contributed by atoms with van der Waals surface area (Å²) in [4.78, 5) is 5.77. The van der Waals surface area contributed by atoms with E-state index in [1.54, 1.807) is 4.90 Å². The van der Waals surface area contributed by atoms with Crippen LogP contribution in [0.15, 0.2) is 24.3 Å². The predicted octanol–water partition coefficient (Wildman–Crippen LogP) is 3.38. The lowest BCUT2D eigenvalue weighted by Gasteiger charge is -2.35. The van der Waals surface area contributed by atoms with E-state index < -0.39 is 18.5 Å². The topological polar surface area (TPSA) is 79.0 Å². The van der Waals surface area contributed by atoms with Crippen LogP contribution in [-0.2, 0) is 6.54 Å². The van der Waals surface area contributed by atoms with Gasteiger partial charge in [0.2, 0.25) is 5.95 Å². The summed E-state index contributed by atoms with van der Waals surface area (Å²) in [5.74, 6) is -0.155. The minimum atomic E-state index is -4.53. The van der Waals surface area contributed by atoms with E-state index in [0.717, 1.165) is 18.9 Å². The highest BCUT2D eigenvalue weighted by Crippen LogP contribution is 2.38. The maximum atomic E-state index is 13.4. The normalized spacial score (nSPS) is 23.7. The van der Waals surface area contributed by atoms with Gasteiger partial charge in [-0.1, -0.05) is 6.07 Å². The number of nitriles is 1. The molecule has 7 nitrogen and oxygen atoms in total. The Morgan fingerprint density at radius 2 is 1.97 bits per heavy atom. The van der Waals surface area contributed by atoms with E-state index in [2.05, 4.69) is 21.6 Å². The van der Waals surface area contributed by atoms with E-state index in [1.807, 2.05) is 0 Å². The number of benzene rings is 1. The molecule has 2 fully saturated rings. The number of piperidine rings is 1. The Morgan fingerprint density at radius 3 is 2.59 bits per heavy atom. The highest BCUT2D eigenvalue weighted by Gasteiger charge is 2.42. The van der Waals surface area contributed by atoms with E-state index >= 15 is 0 Å². The second-order valence-corrected chi connectivity index (χ2v) is 7.32. The number of hydrogen-bond donors (Lipinski definition) is 1. The zero-order valence-corrected chi connectivity index (χ0v) is 15.2. The quantitative estimate of drug-likeness (QED) is 0.602. The molecule has 1 unspecified atom stereocenters. The van der Waals surface area contributed by atoms with Crippen LogP contribution in [-0.4, -0.2) is 45.0 Å². The molecule has 1 aromatic carbocycles. The van der Waals surface area contributed by atoms with Crippen LogP contribution in [0.1, 0.15) is 12.8 Å². The van der Waals surface area contributed by atoms with Crippen molar-refractivity contribution in [3.8, 4) is 18.0 Å². The lowest BCUT2D eigenvalue weighted by molar-refractivity contribution is -0.143. The van der Waals surface area contributed by atoms with Crippen molar-refractivity contribution >= 4 is 5.95 Å². The third-order valence-electron chi connectivity index (χ3n) is 5.24. The number of aromatic nitrogens is 3. The van der Waals surface area contributed by atoms with Crippen LogP contribution in [0, 0.1) is 29.1 Å². The third-order valence-corrected chi connectivity index (χ3v) is 5.24. The molecule has 1 N–H and O–H groups in total. The second-order valence-electron chi connectivity index (χ2n) is 7.32. The summed E-state index contributed by atoms with van der Waals surface area (Å²) in [5.41, 5.74) is 0. The van der Waals surface area contributed by atoms with E-state index in [4.69, 9.17) is 10.00 Å². The molecule has 0 spiro atoms. The van der Waals surface area contributed by atoms with Gasteiger partial charge in [-0.3, -0.25) is 0 Å². The summed E-state index contributed by atoms with van der Waals surface area (Å²) in [6.07, 6.45) is -0.517. The minimum Gasteiger partial charge on any atom is -0.424 e. The fraction of sp³-hybridized carbons (Fsp3) is 0.500. The van der Waals surface area contributed by atoms with Gasteiger partial charge >= 0.3 is 12.2 Å². The molecule has 2 aromatic rings. The molecule has 154 valence electrons. The number of fused-ring (bicyclic) bond motifs is 2. The SMILES string of the molecule is N#CN1CC2CC[C@@H](C1)[C@@H]2Nc1nc(Oc2cccc(F)c2)n(CC(F)(F)F)n1. The van der Waals surface area contributed by atoms with Crippen molar-refractivity contribution < 1.29 is 22.3 Å². The smallest absolute Gasteiger partial charge is 0.408 e. The van der Waals surface area contributed by atoms with E-state index in [1.165, 1.54) is 18.2 Å². The number of halogens is 4. The fourth-order valence-electron chi connectivity index (χ4n) is 4.06. The number of hydrogen-bond acceptors (Lipinski definition) is 6. The van der Waals surface area contributed by atoms with Crippen molar-refractivity contribution in [2.24, 2.45) is 11.8 Å². The second kappa shape index (κ2) is 7.42. The molecule has 1 saturated carbocycles. The zero-order valence-electron chi connectivity index (χ0n) is 15.2. The summed E-state index contributed by atoms with van der Waals surface area (Å²) in [7, 11) is 0. The van der Waals surface area contributed by atoms with Gasteiger partial charge < -0.3 is 15.0 Å². The first-order valence-electron chi connectivity index (χ1n) is 9.17. The van der Waals surface area contributed by atoms with Gasteiger partial charge in [-0.25, -0.2) is 9.07 Å². The van der Waals surface area contributed by atoms with Crippen molar-refractivity contribution in [2.75, 3.05) is 18.4 Å². The van der Waals surface area contributed by atoms with Gasteiger partial charge in [-0.15, -0.1) is 5.10 Å². The molecular weight excluding hydrogens is 392 g/mol. The molecule has 4 rings (SSSR count). The van der Waals surface area contributed by atoms with Crippen molar-refractivity contribution in [1.82, 2.24) is 19.7 Å². The number of rotatable bonds is 5. The van der Waals surface area contributed by atoms with Gasteiger partial charge in [0.1, 0.15) is 18.1 Å². The Balaban J connectivity index is 1.56. The predicted molar refractivity (Wildman–Crippen MR) is 93.4 cm³/mol. The molecule has 2 heterocycles. The first-order chi connectivity index (χ1) is 13.8. The molecule has 11 heteroatoms. The Morgan fingerprint density at radius 1 is 1.24 bits per heavy atom. The monoisotopic (exact) mass is 410 g/mol. The number of ether oxygens (including phenoxy) is 1. The zero-order chi connectivity index (χ0) is 20.6. The summed E-state index contributed by atoms with van der Waals surface area (Å²) in [5, 5.41) is 16.2. The Kier molecular flexibility index (Phi) is 4.94. The Bertz CT molecular complexity index is 910. The summed E-state index contributed by atoms with van der Waals surface area (Å²) in [6, 6.07) is 4.65. The number of nitrogens with zero attached hydrogens (tertiary/aromatic N) is 5. The Hall–Kier alpha value is -3.03.